The van der Waals surface area contributed by atoms with Crippen LogP contribution >= 0.6 is 0 Å². The number of benzene rings is 2. The van der Waals surface area contributed by atoms with Crippen LogP contribution in [-0.2, 0) is 4.79 Å². The summed E-state index contributed by atoms with van der Waals surface area (Å²) in [4.78, 5) is 12.2. The van der Waals surface area contributed by atoms with Crippen molar-refractivity contribution in [3.63, 3.8) is 0 Å². The minimum Gasteiger partial charge on any atom is -0.495 e. The van der Waals surface area contributed by atoms with E-state index in [0.717, 1.165) is 5.56 Å². The summed E-state index contributed by atoms with van der Waals surface area (Å²) in [5.74, 6) is 1.11. The minimum absolute atomic E-state index is 0.220. The molecule has 0 saturated heterocycles. The third kappa shape index (κ3) is 3.75. The number of hydrogen-bond donors (Lipinski definition) is 1. The first-order chi connectivity index (χ1) is 10.1. The molecule has 1 amide bonds. The Morgan fingerprint density at radius 2 is 1.67 bits per heavy atom. The third-order valence-corrected chi connectivity index (χ3v) is 3.13. The molecular weight excluding hydrogens is 266 g/mol. The van der Waals surface area contributed by atoms with Crippen molar-refractivity contribution in [2.24, 2.45) is 0 Å². The first kappa shape index (κ1) is 14.9. The molecular formula is C17H19NO3. The maximum absolute atomic E-state index is 12.2. The highest BCUT2D eigenvalue weighted by molar-refractivity contribution is 5.95. The van der Waals surface area contributed by atoms with E-state index in [2.05, 4.69) is 5.32 Å². The molecule has 0 saturated carbocycles. The molecule has 0 aliphatic rings. The number of anilines is 1. The topological polar surface area (TPSA) is 47.6 Å². The largest absolute Gasteiger partial charge is 0.495 e. The lowest BCUT2D eigenvalue weighted by molar-refractivity contribution is -0.122. The van der Waals surface area contributed by atoms with Crippen molar-refractivity contribution in [3.05, 3.63) is 54.1 Å². The molecule has 0 aromatic heterocycles. The van der Waals surface area contributed by atoms with E-state index in [0.29, 0.717) is 17.2 Å². The zero-order chi connectivity index (χ0) is 15.2. The van der Waals surface area contributed by atoms with Gasteiger partial charge in [0.25, 0.3) is 5.91 Å². The fraction of sp³-hybridized carbons (Fsp3) is 0.235. The van der Waals surface area contributed by atoms with Crippen molar-refractivity contribution >= 4 is 11.6 Å². The highest BCUT2D eigenvalue weighted by Crippen LogP contribution is 2.24. The van der Waals surface area contributed by atoms with Crippen molar-refractivity contribution < 1.29 is 14.3 Å². The number of methoxy groups -OCH3 is 1. The van der Waals surface area contributed by atoms with Gasteiger partial charge in [0, 0.05) is 0 Å². The second-order valence-electron chi connectivity index (χ2n) is 4.72. The molecule has 1 atom stereocenters. The van der Waals surface area contributed by atoms with E-state index in [1.54, 1.807) is 26.2 Å². The van der Waals surface area contributed by atoms with E-state index < -0.39 is 6.10 Å². The molecule has 1 N–H and O–H groups in total. The van der Waals surface area contributed by atoms with Crippen molar-refractivity contribution in [3.8, 4) is 11.5 Å². The molecule has 2 aromatic carbocycles. The molecule has 21 heavy (non-hydrogen) atoms. The number of hydrogen-bond acceptors (Lipinski definition) is 3. The Morgan fingerprint density at radius 3 is 2.33 bits per heavy atom. The van der Waals surface area contributed by atoms with Gasteiger partial charge in [0.05, 0.1) is 12.8 Å². The smallest absolute Gasteiger partial charge is 0.265 e. The Hall–Kier alpha value is -2.49. The van der Waals surface area contributed by atoms with Gasteiger partial charge in [-0.3, -0.25) is 4.79 Å². The summed E-state index contributed by atoms with van der Waals surface area (Å²) in [7, 11) is 1.57. The first-order valence-corrected chi connectivity index (χ1v) is 6.78. The monoisotopic (exact) mass is 285 g/mol. The first-order valence-electron chi connectivity index (χ1n) is 6.78. The molecule has 0 fully saturated rings. The van der Waals surface area contributed by atoms with E-state index >= 15 is 0 Å². The van der Waals surface area contributed by atoms with Crippen LogP contribution in [0, 0.1) is 6.92 Å². The molecule has 2 rings (SSSR count). The Kier molecular flexibility index (Phi) is 4.82. The lowest BCUT2D eigenvalue weighted by atomic mass is 10.2. The zero-order valence-electron chi connectivity index (χ0n) is 12.4. The average molecular weight is 285 g/mol. The summed E-state index contributed by atoms with van der Waals surface area (Å²) >= 11 is 0. The summed E-state index contributed by atoms with van der Waals surface area (Å²) in [6.07, 6.45) is -0.601. The predicted molar refractivity (Wildman–Crippen MR) is 82.9 cm³/mol. The number of para-hydroxylation sites is 3. The lowest BCUT2D eigenvalue weighted by Crippen LogP contribution is -2.30. The van der Waals surface area contributed by atoms with Crippen molar-refractivity contribution in [2.75, 3.05) is 12.4 Å². The summed E-state index contributed by atoms with van der Waals surface area (Å²) in [6, 6.07) is 14.9. The van der Waals surface area contributed by atoms with Crippen LogP contribution in [0.15, 0.2) is 48.5 Å². The van der Waals surface area contributed by atoms with Crippen LogP contribution in [0.25, 0.3) is 0 Å². The van der Waals surface area contributed by atoms with Crippen molar-refractivity contribution in [2.45, 2.75) is 20.0 Å². The molecule has 0 radical (unpaired) electrons. The number of ether oxygens (including phenoxy) is 2. The molecule has 0 heterocycles. The van der Waals surface area contributed by atoms with Crippen LogP contribution in [0.3, 0.4) is 0 Å². The number of carbonyl (C=O) groups is 1. The van der Waals surface area contributed by atoms with E-state index in [4.69, 9.17) is 9.47 Å². The fourth-order valence-electron chi connectivity index (χ4n) is 1.91. The van der Waals surface area contributed by atoms with E-state index in [9.17, 15) is 4.79 Å². The van der Waals surface area contributed by atoms with Gasteiger partial charge in [-0.05, 0) is 37.6 Å². The van der Waals surface area contributed by atoms with E-state index in [-0.39, 0.29) is 5.91 Å². The van der Waals surface area contributed by atoms with Gasteiger partial charge < -0.3 is 14.8 Å². The molecule has 2 aromatic rings. The van der Waals surface area contributed by atoms with Crippen LogP contribution in [0.2, 0.25) is 0 Å². The van der Waals surface area contributed by atoms with E-state index in [1.807, 2.05) is 43.3 Å². The van der Waals surface area contributed by atoms with Crippen LogP contribution in [-0.4, -0.2) is 19.1 Å². The van der Waals surface area contributed by atoms with Crippen molar-refractivity contribution in [1.82, 2.24) is 0 Å². The van der Waals surface area contributed by atoms with Gasteiger partial charge in [-0.2, -0.15) is 0 Å². The van der Waals surface area contributed by atoms with Gasteiger partial charge in [0.2, 0.25) is 0 Å². The molecule has 1 unspecified atom stereocenters. The Bertz CT molecular complexity index is 625. The van der Waals surface area contributed by atoms with Gasteiger partial charge in [0.15, 0.2) is 6.10 Å². The Balaban J connectivity index is 2.05. The van der Waals surface area contributed by atoms with Crippen LogP contribution in [0.1, 0.15) is 12.5 Å². The molecule has 0 aliphatic carbocycles. The lowest BCUT2D eigenvalue weighted by Gasteiger charge is -2.17. The Morgan fingerprint density at radius 1 is 1.05 bits per heavy atom. The molecule has 0 bridgehead atoms. The quantitative estimate of drug-likeness (QED) is 0.915. The van der Waals surface area contributed by atoms with Crippen LogP contribution in [0.4, 0.5) is 5.69 Å². The van der Waals surface area contributed by atoms with Crippen LogP contribution in [0.5, 0.6) is 11.5 Å². The number of aryl methyl sites for hydroxylation is 1. The molecule has 4 heteroatoms. The van der Waals surface area contributed by atoms with Gasteiger partial charge >= 0.3 is 0 Å². The summed E-state index contributed by atoms with van der Waals surface area (Å²) in [5.41, 5.74) is 1.62. The fourth-order valence-corrected chi connectivity index (χ4v) is 1.91. The Labute approximate surface area is 124 Å². The third-order valence-electron chi connectivity index (χ3n) is 3.13. The normalized spacial score (nSPS) is 11.6. The minimum atomic E-state index is -0.601. The number of carbonyl (C=O) groups excluding carboxylic acids is 1. The number of rotatable bonds is 5. The summed E-state index contributed by atoms with van der Waals surface area (Å²) in [5, 5.41) is 2.81. The summed E-state index contributed by atoms with van der Waals surface area (Å²) in [6.45, 7) is 3.66. The van der Waals surface area contributed by atoms with Gasteiger partial charge in [0.1, 0.15) is 11.5 Å². The summed E-state index contributed by atoms with van der Waals surface area (Å²) < 4.78 is 10.9. The standard InChI is InChI=1S/C17H19NO3/c1-12-8-4-6-10-15(12)21-13(2)17(19)18-14-9-5-7-11-16(14)20-3/h4-11,13H,1-3H3,(H,18,19). The molecule has 0 spiro atoms. The maximum atomic E-state index is 12.2. The SMILES string of the molecule is COc1ccccc1NC(=O)C(C)Oc1ccccc1C. The number of nitrogens with one attached hydrogen (secondary N) is 1. The highest BCUT2D eigenvalue weighted by atomic mass is 16.5. The van der Waals surface area contributed by atoms with Gasteiger partial charge in [-0.1, -0.05) is 30.3 Å². The zero-order valence-corrected chi connectivity index (χ0v) is 12.4. The molecule has 0 aliphatic heterocycles. The predicted octanol–water partition coefficient (Wildman–Crippen LogP) is 3.41. The van der Waals surface area contributed by atoms with Gasteiger partial charge in [-0.25, -0.2) is 0 Å². The van der Waals surface area contributed by atoms with E-state index in [1.165, 1.54) is 0 Å². The molecule has 110 valence electrons. The number of amides is 1. The molecule has 4 nitrogen and oxygen atoms in total. The van der Waals surface area contributed by atoms with Gasteiger partial charge in [-0.15, -0.1) is 0 Å². The van der Waals surface area contributed by atoms with Crippen LogP contribution < -0.4 is 14.8 Å². The highest BCUT2D eigenvalue weighted by Gasteiger charge is 2.17. The average Bonchev–Trinajstić information content (AvgIpc) is 2.50. The maximum Gasteiger partial charge on any atom is 0.265 e. The van der Waals surface area contributed by atoms with Crippen molar-refractivity contribution in [1.29, 1.82) is 0 Å². The second kappa shape index (κ2) is 6.79. The second-order valence-corrected chi connectivity index (χ2v) is 4.72.